The SMILES string of the molecule is CC(C)(C)OC(=O)N1CCN2C(=O)c3c(cc(Cl)nc3N3CCS(=O)(=O)CC3)OC[C@H]2C1. The number of piperazine rings is 1. The molecule has 2 fully saturated rings. The van der Waals surface area contributed by atoms with Crippen LogP contribution in [0.25, 0.3) is 0 Å². The second kappa shape index (κ2) is 8.26. The number of halogens is 1. The fourth-order valence-electron chi connectivity index (χ4n) is 4.03. The molecule has 3 aliphatic rings. The molecule has 0 aromatic carbocycles. The van der Waals surface area contributed by atoms with Gasteiger partial charge in [0.15, 0.2) is 9.84 Å². The van der Waals surface area contributed by atoms with Gasteiger partial charge in [0.25, 0.3) is 5.91 Å². The molecule has 0 bridgehead atoms. The van der Waals surface area contributed by atoms with E-state index in [1.165, 1.54) is 6.07 Å². The highest BCUT2D eigenvalue weighted by Gasteiger charge is 2.40. The molecule has 0 unspecified atom stereocenters. The number of nitrogens with zero attached hydrogens (tertiary/aromatic N) is 4. The molecule has 0 N–H and O–H groups in total. The number of hydrogen-bond acceptors (Lipinski definition) is 8. The molecule has 4 rings (SSSR count). The van der Waals surface area contributed by atoms with E-state index in [2.05, 4.69) is 4.98 Å². The first-order valence-electron chi connectivity index (χ1n) is 10.5. The minimum absolute atomic E-state index is 0.0117. The summed E-state index contributed by atoms with van der Waals surface area (Å²) in [7, 11) is -3.10. The average molecular weight is 487 g/mol. The van der Waals surface area contributed by atoms with Crippen LogP contribution in [0.3, 0.4) is 0 Å². The lowest BCUT2D eigenvalue weighted by Gasteiger charge is -2.40. The Morgan fingerprint density at radius 3 is 2.56 bits per heavy atom. The third-order valence-corrected chi connectivity index (χ3v) is 7.42. The predicted molar refractivity (Wildman–Crippen MR) is 118 cm³/mol. The van der Waals surface area contributed by atoms with E-state index in [1.807, 2.05) is 0 Å². The van der Waals surface area contributed by atoms with E-state index >= 15 is 0 Å². The van der Waals surface area contributed by atoms with Crippen LogP contribution < -0.4 is 9.64 Å². The number of anilines is 1. The van der Waals surface area contributed by atoms with Crippen LogP contribution in [-0.2, 0) is 14.6 Å². The van der Waals surface area contributed by atoms with Gasteiger partial charge >= 0.3 is 6.09 Å². The number of ether oxygens (including phenoxy) is 2. The van der Waals surface area contributed by atoms with Crippen molar-refractivity contribution in [2.75, 3.05) is 55.7 Å². The van der Waals surface area contributed by atoms with Gasteiger partial charge in [0, 0.05) is 38.8 Å². The zero-order valence-corrected chi connectivity index (χ0v) is 19.9. The number of rotatable bonds is 1. The summed E-state index contributed by atoms with van der Waals surface area (Å²) in [6.45, 7) is 7.00. The standard InChI is InChI=1S/C20H27ClN4O6S/c1-20(2,3)31-19(27)24-4-5-25-13(11-24)12-30-14-10-15(21)22-17(16(14)18(25)26)23-6-8-32(28,29)9-7-23/h10,13H,4-9,11-12H2,1-3H3/t13-/m1/s1. The van der Waals surface area contributed by atoms with Gasteiger partial charge in [0.2, 0.25) is 0 Å². The van der Waals surface area contributed by atoms with Crippen LogP contribution in [0.1, 0.15) is 31.1 Å². The first-order chi connectivity index (χ1) is 14.9. The van der Waals surface area contributed by atoms with Crippen LogP contribution >= 0.6 is 11.6 Å². The highest BCUT2D eigenvalue weighted by molar-refractivity contribution is 7.91. The van der Waals surface area contributed by atoms with Crippen LogP contribution in [0.15, 0.2) is 6.07 Å². The second-order valence-electron chi connectivity index (χ2n) is 9.17. The summed E-state index contributed by atoms with van der Waals surface area (Å²) < 4.78 is 35.1. The first kappa shape index (κ1) is 22.9. The predicted octanol–water partition coefficient (Wildman–Crippen LogP) is 1.42. The lowest BCUT2D eigenvalue weighted by atomic mass is 10.1. The Kier molecular flexibility index (Phi) is 5.91. The van der Waals surface area contributed by atoms with Gasteiger partial charge in [-0.15, -0.1) is 0 Å². The molecule has 12 heteroatoms. The molecule has 176 valence electrons. The molecule has 0 spiro atoms. The summed E-state index contributed by atoms with van der Waals surface area (Å²) in [4.78, 5) is 35.5. The Morgan fingerprint density at radius 1 is 1.22 bits per heavy atom. The maximum Gasteiger partial charge on any atom is 0.410 e. The molecular formula is C20H27ClN4O6S. The van der Waals surface area contributed by atoms with Gasteiger partial charge in [0.1, 0.15) is 34.5 Å². The van der Waals surface area contributed by atoms with Gasteiger partial charge in [-0.25, -0.2) is 18.2 Å². The molecule has 1 aromatic rings. The highest BCUT2D eigenvalue weighted by Crippen LogP contribution is 2.35. The first-order valence-corrected chi connectivity index (χ1v) is 12.7. The van der Waals surface area contributed by atoms with Crippen molar-refractivity contribution in [2.24, 2.45) is 0 Å². The van der Waals surface area contributed by atoms with Gasteiger partial charge < -0.3 is 24.2 Å². The summed E-state index contributed by atoms with van der Waals surface area (Å²) in [5.74, 6) is 0.364. The minimum Gasteiger partial charge on any atom is -0.490 e. The van der Waals surface area contributed by atoms with Crippen molar-refractivity contribution in [3.63, 3.8) is 0 Å². The van der Waals surface area contributed by atoms with Gasteiger partial charge in [-0.3, -0.25) is 4.79 Å². The Balaban J connectivity index is 1.59. The molecule has 32 heavy (non-hydrogen) atoms. The number of aromatic nitrogens is 1. The van der Waals surface area contributed by atoms with E-state index in [0.29, 0.717) is 24.7 Å². The topological polar surface area (TPSA) is 109 Å². The summed E-state index contributed by atoms with van der Waals surface area (Å²) in [6.07, 6.45) is -0.425. The normalized spacial score (nSPS) is 23.1. The summed E-state index contributed by atoms with van der Waals surface area (Å²) in [6, 6.07) is 1.15. The van der Waals surface area contributed by atoms with Crippen molar-refractivity contribution in [3.05, 3.63) is 16.8 Å². The Bertz CT molecular complexity index is 1030. The number of hydrogen-bond donors (Lipinski definition) is 0. The quantitative estimate of drug-likeness (QED) is 0.548. The fourth-order valence-corrected chi connectivity index (χ4v) is 5.42. The third kappa shape index (κ3) is 4.73. The maximum atomic E-state index is 13.6. The zero-order valence-electron chi connectivity index (χ0n) is 18.3. The summed E-state index contributed by atoms with van der Waals surface area (Å²) in [5, 5.41) is 0.162. The third-order valence-electron chi connectivity index (χ3n) is 5.62. The number of pyridine rings is 1. The number of carbonyl (C=O) groups excluding carboxylic acids is 2. The molecule has 2 saturated heterocycles. The van der Waals surface area contributed by atoms with Gasteiger partial charge in [0.05, 0.1) is 17.5 Å². The maximum absolute atomic E-state index is 13.6. The van der Waals surface area contributed by atoms with E-state index in [1.54, 1.807) is 35.5 Å². The molecular weight excluding hydrogens is 460 g/mol. The largest absolute Gasteiger partial charge is 0.490 e. The monoisotopic (exact) mass is 486 g/mol. The highest BCUT2D eigenvalue weighted by atomic mass is 35.5. The smallest absolute Gasteiger partial charge is 0.410 e. The van der Waals surface area contributed by atoms with E-state index in [-0.39, 0.29) is 60.4 Å². The molecule has 0 radical (unpaired) electrons. The molecule has 2 amide bonds. The van der Waals surface area contributed by atoms with Crippen molar-refractivity contribution >= 4 is 39.3 Å². The molecule has 3 aliphatic heterocycles. The Hall–Kier alpha value is -2.27. The Labute approximate surface area is 192 Å². The zero-order chi connectivity index (χ0) is 23.3. The molecule has 1 aromatic heterocycles. The fraction of sp³-hybridized carbons (Fsp3) is 0.650. The van der Waals surface area contributed by atoms with Gasteiger partial charge in [-0.05, 0) is 20.8 Å². The number of fused-ring (bicyclic) bond motifs is 2. The minimum atomic E-state index is -3.10. The van der Waals surface area contributed by atoms with Crippen LogP contribution in [0.4, 0.5) is 10.6 Å². The second-order valence-corrected chi connectivity index (χ2v) is 11.9. The Morgan fingerprint density at radius 2 is 1.91 bits per heavy atom. The van der Waals surface area contributed by atoms with Crippen molar-refractivity contribution in [1.82, 2.24) is 14.8 Å². The van der Waals surface area contributed by atoms with Crippen molar-refractivity contribution in [3.8, 4) is 5.75 Å². The van der Waals surface area contributed by atoms with E-state index in [0.717, 1.165) is 0 Å². The number of sulfone groups is 1. The van der Waals surface area contributed by atoms with Crippen LogP contribution in [0, 0.1) is 0 Å². The van der Waals surface area contributed by atoms with E-state index < -0.39 is 21.5 Å². The summed E-state index contributed by atoms with van der Waals surface area (Å²) in [5.41, 5.74) is -0.332. The average Bonchev–Trinajstić information content (AvgIpc) is 2.83. The van der Waals surface area contributed by atoms with Crippen molar-refractivity contribution in [2.45, 2.75) is 32.4 Å². The van der Waals surface area contributed by atoms with Crippen LogP contribution in [-0.4, -0.2) is 97.7 Å². The van der Waals surface area contributed by atoms with Crippen molar-refractivity contribution < 1.29 is 27.5 Å². The number of carbonyl (C=O) groups is 2. The van der Waals surface area contributed by atoms with Crippen LogP contribution in [0.5, 0.6) is 5.75 Å². The van der Waals surface area contributed by atoms with E-state index in [9.17, 15) is 18.0 Å². The molecule has 4 heterocycles. The summed E-state index contributed by atoms with van der Waals surface area (Å²) >= 11 is 6.21. The van der Waals surface area contributed by atoms with Crippen molar-refractivity contribution in [1.29, 1.82) is 0 Å². The molecule has 1 atom stereocenters. The lowest BCUT2D eigenvalue weighted by Crippen LogP contribution is -2.58. The van der Waals surface area contributed by atoms with Gasteiger partial charge in [-0.1, -0.05) is 11.6 Å². The lowest BCUT2D eigenvalue weighted by molar-refractivity contribution is 0.000953. The number of amides is 2. The van der Waals surface area contributed by atoms with E-state index in [4.69, 9.17) is 21.1 Å². The molecule has 10 nitrogen and oxygen atoms in total. The molecule has 0 saturated carbocycles. The van der Waals surface area contributed by atoms with Crippen LogP contribution in [0.2, 0.25) is 5.15 Å². The van der Waals surface area contributed by atoms with Gasteiger partial charge in [-0.2, -0.15) is 0 Å². The molecule has 0 aliphatic carbocycles.